The first-order valence-electron chi connectivity index (χ1n) is 3.00. The van der Waals surface area contributed by atoms with Crippen molar-refractivity contribution in [3.63, 3.8) is 0 Å². The summed E-state index contributed by atoms with van der Waals surface area (Å²) in [6, 6.07) is 0. The SMILES string of the molecule is NCCC(O)P(=O)(O)O.O=[P+](O)O.[Ca+2].[H-].[H-]. The zero-order valence-corrected chi connectivity index (χ0v) is 11.2. The van der Waals surface area contributed by atoms with E-state index in [0.717, 1.165) is 0 Å². The molecule has 0 aliphatic heterocycles. The summed E-state index contributed by atoms with van der Waals surface area (Å²) in [5, 5.41) is 8.54. The van der Waals surface area contributed by atoms with E-state index in [1.807, 2.05) is 0 Å². The molecule has 0 aliphatic rings. The molecule has 0 aromatic carbocycles. The number of hydrogen-bond acceptors (Lipinski definition) is 4. The Morgan fingerprint density at radius 3 is 1.79 bits per heavy atom. The summed E-state index contributed by atoms with van der Waals surface area (Å²) >= 11 is 0. The zero-order valence-electron chi connectivity index (χ0n) is 9.22. The summed E-state index contributed by atoms with van der Waals surface area (Å²) in [6.07, 6.45) is -0.0652. The second-order valence-electron chi connectivity index (χ2n) is 1.90. The average molecular weight is 278 g/mol. The molecule has 0 aromatic heterocycles. The quantitative estimate of drug-likeness (QED) is 0.263. The van der Waals surface area contributed by atoms with Crippen LogP contribution in [0.15, 0.2) is 0 Å². The largest absolute Gasteiger partial charge is 2.00 e. The summed E-state index contributed by atoms with van der Waals surface area (Å²) in [4.78, 5) is 30.7. The van der Waals surface area contributed by atoms with E-state index in [1.165, 1.54) is 0 Å². The maximum atomic E-state index is 10.1. The van der Waals surface area contributed by atoms with Crippen molar-refractivity contribution in [3.8, 4) is 0 Å². The third kappa shape index (κ3) is 19.0. The van der Waals surface area contributed by atoms with Crippen LogP contribution in [0.2, 0.25) is 0 Å². The first-order valence-corrected chi connectivity index (χ1v) is 5.84. The van der Waals surface area contributed by atoms with Gasteiger partial charge in [0.15, 0.2) is 5.85 Å². The van der Waals surface area contributed by atoms with Gasteiger partial charge in [-0.1, -0.05) is 0 Å². The maximum Gasteiger partial charge on any atom is 2.00 e. The molecular weight excluding hydrogens is 264 g/mol. The van der Waals surface area contributed by atoms with Crippen molar-refractivity contribution in [2.75, 3.05) is 6.54 Å². The van der Waals surface area contributed by atoms with E-state index in [4.69, 9.17) is 35.0 Å². The fourth-order valence-corrected chi connectivity index (χ4v) is 0.803. The Hall–Kier alpha value is 1.35. The van der Waals surface area contributed by atoms with Gasteiger partial charge in [0.2, 0.25) is 0 Å². The van der Waals surface area contributed by atoms with Crippen LogP contribution in [0.5, 0.6) is 0 Å². The van der Waals surface area contributed by atoms with Gasteiger partial charge >= 0.3 is 53.6 Å². The number of hydrogen-bond donors (Lipinski definition) is 6. The van der Waals surface area contributed by atoms with Gasteiger partial charge in [-0.25, -0.2) is 0 Å². The monoisotopic (exact) mass is 278 g/mol. The van der Waals surface area contributed by atoms with Crippen LogP contribution >= 0.6 is 15.9 Å². The van der Waals surface area contributed by atoms with E-state index in [0.29, 0.717) is 0 Å². The maximum absolute atomic E-state index is 10.1. The summed E-state index contributed by atoms with van der Waals surface area (Å²) in [7, 11) is -7.17. The number of nitrogens with two attached hydrogens (primary N) is 1. The molecule has 0 fully saturated rings. The van der Waals surface area contributed by atoms with Gasteiger partial charge in [-0.05, 0) is 13.0 Å². The van der Waals surface area contributed by atoms with Crippen LogP contribution < -0.4 is 5.73 Å². The van der Waals surface area contributed by atoms with Crippen LogP contribution in [0.25, 0.3) is 0 Å². The molecule has 0 aliphatic carbocycles. The van der Waals surface area contributed by atoms with Crippen molar-refractivity contribution < 1.29 is 36.7 Å². The van der Waals surface area contributed by atoms with E-state index < -0.39 is 21.7 Å². The molecule has 1 unspecified atom stereocenters. The first kappa shape index (κ1) is 20.7. The molecule has 0 aromatic rings. The van der Waals surface area contributed by atoms with Crippen LogP contribution in [-0.2, 0) is 9.13 Å². The minimum atomic E-state index is -4.30. The second kappa shape index (κ2) is 10.9. The van der Waals surface area contributed by atoms with Gasteiger partial charge < -0.3 is 23.5 Å². The Kier molecular flexibility index (Phi) is 16.1. The Labute approximate surface area is 114 Å². The molecule has 7 N–H and O–H groups in total. The molecule has 8 nitrogen and oxygen atoms in total. The topological polar surface area (TPSA) is 161 Å². The summed E-state index contributed by atoms with van der Waals surface area (Å²) in [5.41, 5.74) is 4.92. The Morgan fingerprint density at radius 1 is 1.43 bits per heavy atom. The molecule has 84 valence electrons. The molecular formula is C3H14CaNO7P2+. The molecule has 1 atom stereocenters. The smallest absolute Gasteiger partial charge is 1.00 e. The summed E-state index contributed by atoms with van der Waals surface area (Å²) in [5.74, 6) is -1.59. The van der Waals surface area contributed by atoms with E-state index in [1.54, 1.807) is 0 Å². The zero-order chi connectivity index (χ0) is 11.1. The summed E-state index contributed by atoms with van der Waals surface area (Å²) < 4.78 is 18.8. The van der Waals surface area contributed by atoms with Gasteiger partial charge in [0.1, 0.15) is 0 Å². The molecule has 0 amide bonds. The van der Waals surface area contributed by atoms with Gasteiger partial charge in [0.05, 0.1) is 0 Å². The molecule has 0 bridgehead atoms. The van der Waals surface area contributed by atoms with Gasteiger partial charge in [0.25, 0.3) is 0 Å². The third-order valence-electron chi connectivity index (χ3n) is 0.813. The van der Waals surface area contributed by atoms with Gasteiger partial charge in [0, 0.05) is 4.57 Å². The number of aliphatic hydroxyl groups excluding tert-OH is 1. The predicted octanol–water partition coefficient (Wildman–Crippen LogP) is -1.70. The van der Waals surface area contributed by atoms with E-state index in [2.05, 4.69) is 0 Å². The van der Waals surface area contributed by atoms with Gasteiger partial charge in [-0.15, -0.1) is 9.79 Å². The van der Waals surface area contributed by atoms with E-state index in [-0.39, 0.29) is 53.6 Å². The second-order valence-corrected chi connectivity index (χ2v) is 4.18. The van der Waals surface area contributed by atoms with Crippen LogP contribution in [0.1, 0.15) is 9.27 Å². The van der Waals surface area contributed by atoms with Crippen LogP contribution in [0.3, 0.4) is 0 Å². The van der Waals surface area contributed by atoms with Crippen molar-refractivity contribution in [3.05, 3.63) is 0 Å². The number of rotatable bonds is 3. The van der Waals surface area contributed by atoms with E-state index >= 15 is 0 Å². The van der Waals surface area contributed by atoms with Crippen molar-refractivity contribution in [2.24, 2.45) is 5.73 Å². The molecule has 0 saturated heterocycles. The fraction of sp³-hybridized carbons (Fsp3) is 1.00. The summed E-state index contributed by atoms with van der Waals surface area (Å²) in [6.45, 7) is 0.0757. The molecule has 0 rings (SSSR count). The number of aliphatic hydroxyl groups is 1. The third-order valence-corrected chi connectivity index (χ3v) is 1.85. The van der Waals surface area contributed by atoms with Crippen LogP contribution in [0, 0.1) is 0 Å². The van der Waals surface area contributed by atoms with E-state index in [9.17, 15) is 4.57 Å². The van der Waals surface area contributed by atoms with Crippen molar-refractivity contribution in [1.29, 1.82) is 0 Å². The standard InChI is InChI=1S/C3H10NO4P.Ca.HO3P.2H/c4-2-1-3(5)9(6,7)8;;1-4(2)3;;/h3,5H,1-2,4H2,(H2,6,7,8);;(H-,1,2,3);;/q;+2;;2*-1/p+1. The Bertz CT molecular complexity index is 200. The Morgan fingerprint density at radius 2 is 1.71 bits per heavy atom. The predicted molar refractivity (Wildman–Crippen MR) is 51.7 cm³/mol. The fourth-order valence-electron chi connectivity index (χ4n) is 0.317. The first-order chi connectivity index (χ1) is 5.71. The molecule has 0 heterocycles. The van der Waals surface area contributed by atoms with Crippen molar-refractivity contribution in [1.82, 2.24) is 0 Å². The minimum Gasteiger partial charge on any atom is -1.00 e. The molecule has 0 saturated carbocycles. The van der Waals surface area contributed by atoms with Crippen molar-refractivity contribution in [2.45, 2.75) is 12.3 Å². The minimum absolute atomic E-state index is 0. The van der Waals surface area contributed by atoms with Crippen molar-refractivity contribution >= 4 is 53.6 Å². The molecule has 14 heavy (non-hydrogen) atoms. The van der Waals surface area contributed by atoms with Crippen LogP contribution in [-0.4, -0.2) is 74.8 Å². The molecule has 11 heteroatoms. The average Bonchev–Trinajstić information content (AvgIpc) is 1.84. The van der Waals surface area contributed by atoms with Gasteiger partial charge in [-0.3, -0.25) is 4.57 Å². The molecule has 0 radical (unpaired) electrons. The van der Waals surface area contributed by atoms with Crippen LogP contribution in [0.4, 0.5) is 0 Å². The van der Waals surface area contributed by atoms with Gasteiger partial charge in [-0.2, -0.15) is 0 Å². The normalized spacial score (nSPS) is 11.9. The molecule has 0 spiro atoms. The Balaban J connectivity index is -0.0000000511.